The smallest absolute Gasteiger partial charge is 0.139 e. The van der Waals surface area contributed by atoms with Crippen LogP contribution in [0.1, 0.15) is 53.4 Å². The number of fused-ring (bicyclic) bond motifs is 1. The van der Waals surface area contributed by atoms with Crippen molar-refractivity contribution in [2.75, 3.05) is 0 Å². The number of ketones is 2. The molecule has 2 aliphatic carbocycles. The summed E-state index contributed by atoms with van der Waals surface area (Å²) in [5, 5.41) is 0. The second-order valence-corrected chi connectivity index (χ2v) is 6.20. The monoisotopic (exact) mass is 234 g/mol. The summed E-state index contributed by atoms with van der Waals surface area (Å²) >= 11 is 0. The maximum absolute atomic E-state index is 12.1. The summed E-state index contributed by atoms with van der Waals surface area (Å²) in [7, 11) is 0. The fourth-order valence-electron chi connectivity index (χ4n) is 3.86. The fourth-order valence-corrected chi connectivity index (χ4v) is 3.86. The SMILES string of the molecule is CC(=O)CC1C(=C(C)C)C[C@@]2(C)C(=O)CC[C@@H]12. The summed E-state index contributed by atoms with van der Waals surface area (Å²) in [6.45, 7) is 7.99. The van der Waals surface area contributed by atoms with E-state index >= 15 is 0 Å². The summed E-state index contributed by atoms with van der Waals surface area (Å²) in [4.78, 5) is 23.5. The molecule has 2 rings (SSSR count). The molecule has 0 aliphatic heterocycles. The van der Waals surface area contributed by atoms with Crippen LogP contribution in [0.4, 0.5) is 0 Å². The van der Waals surface area contributed by atoms with E-state index in [1.165, 1.54) is 11.1 Å². The van der Waals surface area contributed by atoms with Crippen molar-refractivity contribution in [3.05, 3.63) is 11.1 Å². The zero-order chi connectivity index (χ0) is 12.8. The van der Waals surface area contributed by atoms with Crippen molar-refractivity contribution in [1.82, 2.24) is 0 Å². The average molecular weight is 234 g/mol. The molecule has 2 heteroatoms. The van der Waals surface area contributed by atoms with Gasteiger partial charge >= 0.3 is 0 Å². The first-order valence-electron chi connectivity index (χ1n) is 6.55. The third-order valence-corrected chi connectivity index (χ3v) is 4.78. The lowest BCUT2D eigenvalue weighted by molar-refractivity contribution is -0.126. The van der Waals surface area contributed by atoms with Crippen molar-refractivity contribution < 1.29 is 9.59 Å². The van der Waals surface area contributed by atoms with Gasteiger partial charge in [0.1, 0.15) is 11.6 Å². The normalized spacial score (nSPS) is 36.2. The number of allylic oxidation sites excluding steroid dienone is 2. The quantitative estimate of drug-likeness (QED) is 0.687. The number of hydrogen-bond donors (Lipinski definition) is 0. The number of carbonyl (C=O) groups is 2. The third kappa shape index (κ3) is 1.88. The number of hydrogen-bond acceptors (Lipinski definition) is 2. The summed E-state index contributed by atoms with van der Waals surface area (Å²) in [6.07, 6.45) is 3.19. The predicted octanol–water partition coefficient (Wildman–Crippen LogP) is 3.31. The highest BCUT2D eigenvalue weighted by Crippen LogP contribution is 2.58. The number of rotatable bonds is 2. The van der Waals surface area contributed by atoms with Gasteiger partial charge in [-0.3, -0.25) is 4.79 Å². The van der Waals surface area contributed by atoms with E-state index in [0.717, 1.165) is 12.8 Å². The molecule has 94 valence electrons. The predicted molar refractivity (Wildman–Crippen MR) is 67.6 cm³/mol. The van der Waals surface area contributed by atoms with E-state index < -0.39 is 0 Å². The van der Waals surface area contributed by atoms with Gasteiger partial charge in [0.15, 0.2) is 0 Å². The Labute approximate surface area is 103 Å². The Morgan fingerprint density at radius 2 is 2.00 bits per heavy atom. The van der Waals surface area contributed by atoms with Crippen molar-refractivity contribution in [3.63, 3.8) is 0 Å². The maximum Gasteiger partial charge on any atom is 0.139 e. The van der Waals surface area contributed by atoms with E-state index in [1.54, 1.807) is 6.92 Å². The highest BCUT2D eigenvalue weighted by molar-refractivity contribution is 5.88. The second-order valence-electron chi connectivity index (χ2n) is 6.20. The first kappa shape index (κ1) is 12.5. The zero-order valence-corrected chi connectivity index (χ0v) is 11.3. The van der Waals surface area contributed by atoms with Crippen LogP contribution < -0.4 is 0 Å². The van der Waals surface area contributed by atoms with Gasteiger partial charge in [-0.2, -0.15) is 0 Å². The van der Waals surface area contributed by atoms with E-state index in [-0.39, 0.29) is 11.2 Å². The van der Waals surface area contributed by atoms with Gasteiger partial charge in [0, 0.05) is 18.3 Å². The van der Waals surface area contributed by atoms with Crippen LogP contribution >= 0.6 is 0 Å². The molecular weight excluding hydrogens is 212 g/mol. The van der Waals surface area contributed by atoms with Gasteiger partial charge < -0.3 is 4.79 Å². The Morgan fingerprint density at radius 1 is 1.35 bits per heavy atom. The van der Waals surface area contributed by atoms with E-state index in [2.05, 4.69) is 20.8 Å². The Bertz CT molecular complexity index is 401. The van der Waals surface area contributed by atoms with Crippen molar-refractivity contribution in [1.29, 1.82) is 0 Å². The molecule has 0 radical (unpaired) electrons. The summed E-state index contributed by atoms with van der Waals surface area (Å²) in [5.74, 6) is 1.39. The molecule has 0 aromatic rings. The average Bonchev–Trinajstić information content (AvgIpc) is 2.64. The molecule has 0 N–H and O–H groups in total. The van der Waals surface area contributed by atoms with Gasteiger partial charge in [-0.1, -0.05) is 18.1 Å². The van der Waals surface area contributed by atoms with Crippen LogP contribution in [-0.2, 0) is 9.59 Å². The number of carbonyl (C=O) groups excluding carboxylic acids is 2. The van der Waals surface area contributed by atoms with Gasteiger partial charge in [-0.05, 0) is 45.4 Å². The van der Waals surface area contributed by atoms with E-state index in [4.69, 9.17) is 0 Å². The molecule has 0 heterocycles. The van der Waals surface area contributed by atoms with E-state index in [0.29, 0.717) is 30.5 Å². The molecule has 0 saturated heterocycles. The molecule has 1 unspecified atom stereocenters. The summed E-state index contributed by atoms with van der Waals surface area (Å²) in [6, 6.07) is 0. The van der Waals surface area contributed by atoms with Crippen LogP contribution in [0, 0.1) is 17.3 Å². The summed E-state index contributed by atoms with van der Waals surface area (Å²) < 4.78 is 0. The molecule has 0 aromatic heterocycles. The molecule has 0 aromatic carbocycles. The van der Waals surface area contributed by atoms with Crippen LogP contribution in [0.3, 0.4) is 0 Å². The first-order valence-corrected chi connectivity index (χ1v) is 6.55. The highest BCUT2D eigenvalue weighted by Gasteiger charge is 2.55. The van der Waals surface area contributed by atoms with E-state index in [1.807, 2.05) is 0 Å². The lowest BCUT2D eigenvalue weighted by atomic mass is 9.78. The molecule has 0 bridgehead atoms. The molecule has 2 aliphatic rings. The molecule has 2 saturated carbocycles. The van der Waals surface area contributed by atoms with E-state index in [9.17, 15) is 9.59 Å². The minimum Gasteiger partial charge on any atom is -0.300 e. The van der Waals surface area contributed by atoms with Crippen LogP contribution in [-0.4, -0.2) is 11.6 Å². The molecule has 3 atom stereocenters. The van der Waals surface area contributed by atoms with Gasteiger partial charge in [-0.25, -0.2) is 0 Å². The van der Waals surface area contributed by atoms with Crippen LogP contribution in [0.5, 0.6) is 0 Å². The third-order valence-electron chi connectivity index (χ3n) is 4.78. The number of Topliss-reactive ketones (excluding diaryl/α,β-unsaturated/α-hetero) is 2. The minimum atomic E-state index is -0.174. The molecular formula is C15H22O2. The van der Waals surface area contributed by atoms with Gasteiger partial charge in [0.05, 0.1) is 0 Å². The Morgan fingerprint density at radius 3 is 2.53 bits per heavy atom. The van der Waals surface area contributed by atoms with Gasteiger partial charge in [0.25, 0.3) is 0 Å². The van der Waals surface area contributed by atoms with Crippen LogP contribution in [0.25, 0.3) is 0 Å². The maximum atomic E-state index is 12.1. The standard InChI is InChI=1S/C15H22O2/c1-9(2)12-8-15(4)13(5-6-14(15)17)11(12)7-10(3)16/h11,13H,5-8H2,1-4H3/t11?,13-,15+/m0/s1. The highest BCUT2D eigenvalue weighted by atomic mass is 16.1. The van der Waals surface area contributed by atoms with Crippen molar-refractivity contribution in [2.24, 2.45) is 17.3 Å². The first-order chi connectivity index (χ1) is 7.86. The van der Waals surface area contributed by atoms with Crippen molar-refractivity contribution in [2.45, 2.75) is 53.4 Å². The van der Waals surface area contributed by atoms with Gasteiger partial charge in [-0.15, -0.1) is 0 Å². The molecule has 0 amide bonds. The van der Waals surface area contributed by atoms with Crippen molar-refractivity contribution in [3.8, 4) is 0 Å². The Hall–Kier alpha value is -0.920. The second kappa shape index (κ2) is 4.08. The Balaban J connectivity index is 2.38. The topological polar surface area (TPSA) is 34.1 Å². The lowest BCUT2D eigenvalue weighted by Gasteiger charge is -2.24. The molecule has 2 fully saturated rings. The van der Waals surface area contributed by atoms with Crippen molar-refractivity contribution >= 4 is 11.6 Å². The zero-order valence-electron chi connectivity index (χ0n) is 11.3. The van der Waals surface area contributed by atoms with Crippen LogP contribution in [0.2, 0.25) is 0 Å². The summed E-state index contributed by atoms with van der Waals surface area (Å²) in [5.41, 5.74) is 2.51. The Kier molecular flexibility index (Phi) is 3.01. The lowest BCUT2D eigenvalue weighted by Crippen LogP contribution is -2.26. The minimum absolute atomic E-state index is 0.174. The van der Waals surface area contributed by atoms with Crippen LogP contribution in [0.15, 0.2) is 11.1 Å². The molecule has 17 heavy (non-hydrogen) atoms. The fraction of sp³-hybridized carbons (Fsp3) is 0.733. The van der Waals surface area contributed by atoms with Gasteiger partial charge in [0.2, 0.25) is 0 Å². The molecule has 0 spiro atoms. The molecule has 2 nitrogen and oxygen atoms in total. The largest absolute Gasteiger partial charge is 0.300 e.